The molecule has 0 aliphatic heterocycles. The molecule has 1 atom stereocenters. The Balaban J connectivity index is 2.49. The van der Waals surface area contributed by atoms with Crippen molar-refractivity contribution in [1.29, 1.82) is 0 Å². The molecule has 1 rings (SSSR count). The van der Waals surface area contributed by atoms with E-state index in [-0.39, 0.29) is 0 Å². The van der Waals surface area contributed by atoms with E-state index in [9.17, 15) is 4.79 Å². The number of rotatable bonds is 6. The highest BCUT2D eigenvalue weighted by molar-refractivity contribution is 5.70. The van der Waals surface area contributed by atoms with Gasteiger partial charge in [-0.2, -0.15) is 0 Å². The third-order valence-corrected chi connectivity index (χ3v) is 2.66. The molecule has 1 aromatic rings. The summed E-state index contributed by atoms with van der Waals surface area (Å²) in [5.41, 5.74) is 0. The molecule has 15 heavy (non-hydrogen) atoms. The number of nitrogens with zero attached hydrogens (tertiary/aromatic N) is 1. The summed E-state index contributed by atoms with van der Waals surface area (Å²) in [4.78, 5) is 12.7. The van der Waals surface area contributed by atoms with Gasteiger partial charge in [0, 0.05) is 6.04 Å². The molecule has 0 fully saturated rings. The van der Waals surface area contributed by atoms with Crippen molar-refractivity contribution in [2.45, 2.75) is 39.3 Å². The Labute approximate surface area is 91.1 Å². The van der Waals surface area contributed by atoms with Gasteiger partial charge in [0.25, 0.3) is 0 Å². The van der Waals surface area contributed by atoms with E-state index < -0.39 is 0 Å². The number of carbonyl (C=O) groups is 1. The van der Waals surface area contributed by atoms with Gasteiger partial charge < -0.3 is 4.42 Å². The third-order valence-electron chi connectivity index (χ3n) is 2.66. The highest BCUT2D eigenvalue weighted by Gasteiger charge is 2.10. The van der Waals surface area contributed by atoms with Crippen LogP contribution >= 0.6 is 0 Å². The molecule has 0 radical (unpaired) electrons. The molecule has 3 heteroatoms. The minimum absolute atomic E-state index is 0.404. The minimum Gasteiger partial charge on any atom is -0.457 e. The van der Waals surface area contributed by atoms with Crippen LogP contribution in [0.2, 0.25) is 0 Å². The second-order valence-electron chi connectivity index (χ2n) is 3.97. The first-order valence-electron chi connectivity index (χ1n) is 5.41. The lowest BCUT2D eigenvalue weighted by Crippen LogP contribution is -2.28. The van der Waals surface area contributed by atoms with Crippen LogP contribution in [0.5, 0.6) is 0 Å². The fraction of sp³-hybridized carbons (Fsp3) is 0.583. The molecule has 0 saturated carbocycles. The number of aldehydes is 1. The van der Waals surface area contributed by atoms with Crippen LogP contribution in [0.3, 0.4) is 0 Å². The highest BCUT2D eigenvalue weighted by Crippen LogP contribution is 2.12. The van der Waals surface area contributed by atoms with Crippen molar-refractivity contribution in [2.75, 3.05) is 7.05 Å². The Hall–Kier alpha value is -1.09. The number of hydrogen-bond donors (Lipinski definition) is 0. The Morgan fingerprint density at radius 3 is 2.80 bits per heavy atom. The molecular formula is C12H19NO2. The Morgan fingerprint density at radius 1 is 1.53 bits per heavy atom. The molecule has 0 amide bonds. The summed E-state index contributed by atoms with van der Waals surface area (Å²) in [7, 11) is 2.07. The van der Waals surface area contributed by atoms with Gasteiger partial charge in [0.15, 0.2) is 12.0 Å². The van der Waals surface area contributed by atoms with E-state index in [1.165, 1.54) is 12.8 Å². The van der Waals surface area contributed by atoms with Crippen LogP contribution in [0.1, 0.15) is 43.0 Å². The summed E-state index contributed by atoms with van der Waals surface area (Å²) in [5, 5.41) is 0. The molecule has 0 aliphatic rings. The van der Waals surface area contributed by atoms with Gasteiger partial charge in [0.1, 0.15) is 5.76 Å². The fourth-order valence-corrected chi connectivity index (χ4v) is 1.58. The molecule has 1 aromatic heterocycles. The number of furan rings is 1. The van der Waals surface area contributed by atoms with Crippen LogP contribution < -0.4 is 0 Å². The maximum atomic E-state index is 10.4. The predicted octanol–water partition coefficient (Wildman–Crippen LogP) is 2.71. The average molecular weight is 209 g/mol. The zero-order valence-corrected chi connectivity index (χ0v) is 9.69. The molecule has 0 saturated heterocycles. The highest BCUT2D eigenvalue weighted by atomic mass is 16.3. The second-order valence-corrected chi connectivity index (χ2v) is 3.97. The van der Waals surface area contributed by atoms with E-state index in [0.29, 0.717) is 11.8 Å². The monoisotopic (exact) mass is 209 g/mol. The predicted molar refractivity (Wildman–Crippen MR) is 59.9 cm³/mol. The maximum absolute atomic E-state index is 10.4. The third kappa shape index (κ3) is 3.51. The Kier molecular flexibility index (Phi) is 4.56. The van der Waals surface area contributed by atoms with Gasteiger partial charge in [-0.05, 0) is 32.5 Å². The van der Waals surface area contributed by atoms with E-state index in [4.69, 9.17) is 4.42 Å². The zero-order valence-electron chi connectivity index (χ0n) is 9.69. The van der Waals surface area contributed by atoms with Crippen LogP contribution in [0.25, 0.3) is 0 Å². The molecule has 0 spiro atoms. The second kappa shape index (κ2) is 5.71. The maximum Gasteiger partial charge on any atom is 0.185 e. The van der Waals surface area contributed by atoms with Gasteiger partial charge in [-0.3, -0.25) is 9.69 Å². The van der Waals surface area contributed by atoms with Gasteiger partial charge in [-0.15, -0.1) is 0 Å². The first-order valence-corrected chi connectivity index (χ1v) is 5.41. The first-order chi connectivity index (χ1) is 7.17. The lowest BCUT2D eigenvalue weighted by atomic mass is 10.2. The molecule has 1 unspecified atom stereocenters. The summed E-state index contributed by atoms with van der Waals surface area (Å²) < 4.78 is 5.32. The first kappa shape index (κ1) is 12.0. The van der Waals surface area contributed by atoms with E-state index >= 15 is 0 Å². The van der Waals surface area contributed by atoms with Crippen LogP contribution in [0.15, 0.2) is 16.5 Å². The molecule has 84 valence electrons. The molecule has 3 nitrogen and oxygen atoms in total. The van der Waals surface area contributed by atoms with Crippen molar-refractivity contribution < 1.29 is 9.21 Å². The van der Waals surface area contributed by atoms with Gasteiger partial charge >= 0.3 is 0 Å². The van der Waals surface area contributed by atoms with Gasteiger partial charge in [0.2, 0.25) is 0 Å². The Bertz CT molecular complexity index is 306. The minimum atomic E-state index is 0.404. The standard InChI is InChI=1S/C12H19NO2/c1-4-5-10(2)13(3)8-11-6-7-12(9-14)15-11/h6-7,9-10H,4-5,8H2,1-3H3. The molecular weight excluding hydrogens is 190 g/mol. The topological polar surface area (TPSA) is 33.5 Å². The summed E-state index contributed by atoms with van der Waals surface area (Å²) in [6, 6.07) is 4.11. The van der Waals surface area contributed by atoms with Crippen molar-refractivity contribution in [3.05, 3.63) is 23.7 Å². The largest absolute Gasteiger partial charge is 0.457 e. The van der Waals surface area contributed by atoms with E-state index in [1.54, 1.807) is 6.07 Å². The lowest BCUT2D eigenvalue weighted by Gasteiger charge is -2.22. The van der Waals surface area contributed by atoms with Crippen molar-refractivity contribution in [3.63, 3.8) is 0 Å². The quantitative estimate of drug-likeness (QED) is 0.675. The SMILES string of the molecule is CCCC(C)N(C)Cc1ccc(C=O)o1. The molecule has 0 N–H and O–H groups in total. The van der Waals surface area contributed by atoms with Gasteiger partial charge in [0.05, 0.1) is 6.54 Å². The summed E-state index contributed by atoms with van der Waals surface area (Å²) in [5.74, 6) is 1.25. The zero-order chi connectivity index (χ0) is 11.3. The molecule has 0 bridgehead atoms. The smallest absolute Gasteiger partial charge is 0.185 e. The van der Waals surface area contributed by atoms with E-state index in [1.807, 2.05) is 6.07 Å². The Morgan fingerprint density at radius 2 is 2.27 bits per heavy atom. The van der Waals surface area contributed by atoms with Crippen molar-refractivity contribution >= 4 is 6.29 Å². The van der Waals surface area contributed by atoms with Crippen molar-refractivity contribution in [1.82, 2.24) is 4.90 Å². The summed E-state index contributed by atoms with van der Waals surface area (Å²) in [6.45, 7) is 5.14. The summed E-state index contributed by atoms with van der Waals surface area (Å²) in [6.07, 6.45) is 3.10. The average Bonchev–Trinajstić information content (AvgIpc) is 2.66. The molecule has 0 aromatic carbocycles. The van der Waals surface area contributed by atoms with Crippen LogP contribution in [0, 0.1) is 0 Å². The van der Waals surface area contributed by atoms with Crippen molar-refractivity contribution in [3.8, 4) is 0 Å². The molecule has 1 heterocycles. The van der Waals surface area contributed by atoms with E-state index in [0.717, 1.165) is 18.6 Å². The van der Waals surface area contributed by atoms with Gasteiger partial charge in [-0.1, -0.05) is 13.3 Å². The van der Waals surface area contributed by atoms with Crippen LogP contribution in [-0.4, -0.2) is 24.3 Å². The fourth-order valence-electron chi connectivity index (χ4n) is 1.58. The van der Waals surface area contributed by atoms with E-state index in [2.05, 4.69) is 25.8 Å². The van der Waals surface area contributed by atoms with Crippen molar-refractivity contribution in [2.24, 2.45) is 0 Å². The lowest BCUT2D eigenvalue weighted by molar-refractivity contribution is 0.109. The number of hydrogen-bond acceptors (Lipinski definition) is 3. The van der Waals surface area contributed by atoms with Gasteiger partial charge in [-0.25, -0.2) is 0 Å². The van der Waals surface area contributed by atoms with Crippen LogP contribution in [-0.2, 0) is 6.54 Å². The number of carbonyl (C=O) groups excluding carboxylic acids is 1. The summed E-state index contributed by atoms with van der Waals surface area (Å²) >= 11 is 0. The van der Waals surface area contributed by atoms with Crippen LogP contribution in [0.4, 0.5) is 0 Å². The molecule has 0 aliphatic carbocycles. The normalized spacial score (nSPS) is 13.1.